The van der Waals surface area contributed by atoms with Crippen molar-refractivity contribution in [3.05, 3.63) is 59.7 Å². The maximum absolute atomic E-state index is 12.0. The summed E-state index contributed by atoms with van der Waals surface area (Å²) in [6, 6.07) is 14.2. The van der Waals surface area contributed by atoms with Crippen LogP contribution in [0.15, 0.2) is 48.5 Å². The number of rotatable bonds is 2. The van der Waals surface area contributed by atoms with Gasteiger partial charge in [0.05, 0.1) is 0 Å². The van der Waals surface area contributed by atoms with Crippen LogP contribution in [-0.2, 0) is 0 Å². The fourth-order valence-corrected chi connectivity index (χ4v) is 1.85. The zero-order valence-corrected chi connectivity index (χ0v) is 11.0. The third-order valence-corrected chi connectivity index (χ3v) is 2.83. The molecule has 0 aliphatic carbocycles. The van der Waals surface area contributed by atoms with Gasteiger partial charge in [0.1, 0.15) is 0 Å². The SMILES string of the molecule is Cc1ccc(-c2ccccc2C(=O)NNC(N)=O)cc1. The van der Waals surface area contributed by atoms with Crippen molar-refractivity contribution in [3.8, 4) is 11.1 Å². The smallest absolute Gasteiger partial charge is 0.330 e. The number of benzene rings is 2. The Labute approximate surface area is 116 Å². The van der Waals surface area contributed by atoms with Crippen LogP contribution >= 0.6 is 0 Å². The van der Waals surface area contributed by atoms with Crippen molar-refractivity contribution < 1.29 is 9.59 Å². The molecular formula is C15H15N3O2. The molecular weight excluding hydrogens is 254 g/mol. The Bertz CT molecular complexity index is 636. The molecule has 0 aliphatic rings. The van der Waals surface area contributed by atoms with E-state index in [1.54, 1.807) is 12.1 Å². The van der Waals surface area contributed by atoms with Gasteiger partial charge in [-0.1, -0.05) is 48.0 Å². The van der Waals surface area contributed by atoms with Gasteiger partial charge in [-0.25, -0.2) is 10.2 Å². The molecule has 4 N–H and O–H groups in total. The molecule has 0 heterocycles. The first-order valence-electron chi connectivity index (χ1n) is 6.10. The molecule has 5 nitrogen and oxygen atoms in total. The second-order valence-corrected chi connectivity index (χ2v) is 4.35. The molecule has 0 atom stereocenters. The van der Waals surface area contributed by atoms with E-state index in [9.17, 15) is 9.59 Å². The van der Waals surface area contributed by atoms with Crippen LogP contribution in [0.2, 0.25) is 0 Å². The first kappa shape index (κ1) is 13.6. The van der Waals surface area contributed by atoms with Crippen molar-refractivity contribution in [1.29, 1.82) is 0 Å². The van der Waals surface area contributed by atoms with Crippen LogP contribution in [0, 0.1) is 6.92 Å². The van der Waals surface area contributed by atoms with Crippen molar-refractivity contribution in [2.24, 2.45) is 5.73 Å². The van der Waals surface area contributed by atoms with E-state index in [1.807, 2.05) is 43.3 Å². The van der Waals surface area contributed by atoms with Gasteiger partial charge in [-0.05, 0) is 24.1 Å². The van der Waals surface area contributed by atoms with Gasteiger partial charge >= 0.3 is 6.03 Å². The molecule has 3 amide bonds. The summed E-state index contributed by atoms with van der Waals surface area (Å²) in [4.78, 5) is 22.7. The van der Waals surface area contributed by atoms with Gasteiger partial charge in [-0.3, -0.25) is 10.2 Å². The number of nitrogens with one attached hydrogen (secondary N) is 2. The molecule has 0 aromatic heterocycles. The van der Waals surface area contributed by atoms with Gasteiger partial charge in [-0.2, -0.15) is 0 Å². The van der Waals surface area contributed by atoms with Crippen LogP contribution in [0.3, 0.4) is 0 Å². The van der Waals surface area contributed by atoms with E-state index in [0.717, 1.165) is 16.7 Å². The first-order chi connectivity index (χ1) is 9.58. The lowest BCUT2D eigenvalue weighted by atomic mass is 9.98. The van der Waals surface area contributed by atoms with E-state index in [2.05, 4.69) is 10.9 Å². The second-order valence-electron chi connectivity index (χ2n) is 4.35. The van der Waals surface area contributed by atoms with Crippen LogP contribution in [0.1, 0.15) is 15.9 Å². The van der Waals surface area contributed by atoms with E-state index in [0.29, 0.717) is 5.56 Å². The van der Waals surface area contributed by atoms with Crippen LogP contribution in [0.5, 0.6) is 0 Å². The predicted molar refractivity (Wildman–Crippen MR) is 76.8 cm³/mol. The number of primary amides is 1. The number of hydrogen-bond acceptors (Lipinski definition) is 2. The van der Waals surface area contributed by atoms with Gasteiger partial charge in [0.15, 0.2) is 0 Å². The topological polar surface area (TPSA) is 84.2 Å². The van der Waals surface area contributed by atoms with Crippen molar-refractivity contribution >= 4 is 11.9 Å². The van der Waals surface area contributed by atoms with Gasteiger partial charge in [-0.15, -0.1) is 0 Å². The second kappa shape index (κ2) is 5.88. The Hall–Kier alpha value is -2.82. The maximum atomic E-state index is 12.0. The zero-order valence-electron chi connectivity index (χ0n) is 11.0. The maximum Gasteiger partial charge on any atom is 0.330 e. The van der Waals surface area contributed by atoms with Crippen molar-refractivity contribution in [3.63, 3.8) is 0 Å². The Morgan fingerprint density at radius 2 is 1.60 bits per heavy atom. The summed E-state index contributed by atoms with van der Waals surface area (Å²) in [5.41, 5.74) is 12.6. The highest BCUT2D eigenvalue weighted by Crippen LogP contribution is 2.23. The van der Waals surface area contributed by atoms with Gasteiger partial charge < -0.3 is 5.73 Å². The summed E-state index contributed by atoms with van der Waals surface area (Å²) in [7, 11) is 0. The number of urea groups is 1. The molecule has 0 unspecified atom stereocenters. The van der Waals surface area contributed by atoms with E-state index >= 15 is 0 Å². The van der Waals surface area contributed by atoms with Crippen LogP contribution in [0.4, 0.5) is 4.79 Å². The number of hydrogen-bond donors (Lipinski definition) is 3. The predicted octanol–water partition coefficient (Wildman–Crippen LogP) is 1.98. The third kappa shape index (κ3) is 3.14. The first-order valence-corrected chi connectivity index (χ1v) is 6.10. The standard InChI is InChI=1S/C15H15N3O2/c1-10-6-8-11(9-7-10)12-4-2-3-5-13(12)14(19)17-18-15(16)20/h2-9H,1H3,(H,17,19)(H3,16,18,20). The van der Waals surface area contributed by atoms with Crippen LogP contribution in [-0.4, -0.2) is 11.9 Å². The van der Waals surface area contributed by atoms with Crippen molar-refractivity contribution in [2.75, 3.05) is 0 Å². The minimum absolute atomic E-state index is 0.417. The van der Waals surface area contributed by atoms with Crippen molar-refractivity contribution in [2.45, 2.75) is 6.92 Å². The summed E-state index contributed by atoms with van der Waals surface area (Å²) in [6.45, 7) is 2.00. The fraction of sp³-hybridized carbons (Fsp3) is 0.0667. The minimum Gasteiger partial charge on any atom is -0.350 e. The zero-order chi connectivity index (χ0) is 14.5. The molecule has 0 saturated carbocycles. The van der Waals surface area contributed by atoms with Gasteiger partial charge in [0, 0.05) is 5.56 Å². The van der Waals surface area contributed by atoms with Crippen molar-refractivity contribution in [1.82, 2.24) is 10.9 Å². The molecule has 5 heteroatoms. The molecule has 0 saturated heterocycles. The number of carbonyl (C=O) groups is 2. The summed E-state index contributed by atoms with van der Waals surface area (Å²) < 4.78 is 0. The molecule has 2 aromatic carbocycles. The fourth-order valence-electron chi connectivity index (χ4n) is 1.85. The highest BCUT2D eigenvalue weighted by atomic mass is 16.2. The molecule has 0 spiro atoms. The van der Waals surface area contributed by atoms with Crippen LogP contribution < -0.4 is 16.6 Å². The lowest BCUT2D eigenvalue weighted by Crippen LogP contribution is -2.44. The number of aryl methyl sites for hydroxylation is 1. The largest absolute Gasteiger partial charge is 0.350 e. The quantitative estimate of drug-likeness (QED) is 0.728. The highest BCUT2D eigenvalue weighted by Gasteiger charge is 2.12. The third-order valence-electron chi connectivity index (χ3n) is 2.83. The molecule has 0 aliphatic heterocycles. The van der Waals surface area contributed by atoms with E-state index < -0.39 is 11.9 Å². The monoisotopic (exact) mass is 269 g/mol. The summed E-state index contributed by atoms with van der Waals surface area (Å²) >= 11 is 0. The Morgan fingerprint density at radius 1 is 0.950 bits per heavy atom. The molecule has 2 aromatic rings. The van der Waals surface area contributed by atoms with E-state index in [-0.39, 0.29) is 0 Å². The molecule has 102 valence electrons. The normalized spacial score (nSPS) is 9.85. The minimum atomic E-state index is -0.814. The number of amides is 3. The number of hydrazine groups is 1. The number of carbonyl (C=O) groups excluding carboxylic acids is 2. The van der Waals surface area contributed by atoms with Crippen LogP contribution in [0.25, 0.3) is 11.1 Å². The molecule has 0 radical (unpaired) electrons. The summed E-state index contributed by atoms with van der Waals surface area (Å²) in [5, 5.41) is 0. The summed E-state index contributed by atoms with van der Waals surface area (Å²) in [5.74, 6) is -0.417. The lowest BCUT2D eigenvalue weighted by Gasteiger charge is -2.10. The summed E-state index contributed by atoms with van der Waals surface area (Å²) in [6.07, 6.45) is 0. The Morgan fingerprint density at radius 3 is 2.25 bits per heavy atom. The molecule has 0 fully saturated rings. The molecule has 20 heavy (non-hydrogen) atoms. The molecule has 0 bridgehead atoms. The Kier molecular flexibility index (Phi) is 4.00. The molecule has 2 rings (SSSR count). The Balaban J connectivity index is 2.33. The number of nitrogens with two attached hydrogens (primary N) is 1. The average Bonchev–Trinajstić information content (AvgIpc) is 2.45. The average molecular weight is 269 g/mol. The van der Waals surface area contributed by atoms with E-state index in [1.165, 1.54) is 0 Å². The lowest BCUT2D eigenvalue weighted by molar-refractivity contribution is 0.0938. The van der Waals surface area contributed by atoms with Gasteiger partial charge in [0.25, 0.3) is 5.91 Å². The van der Waals surface area contributed by atoms with Gasteiger partial charge in [0.2, 0.25) is 0 Å². The van der Waals surface area contributed by atoms with E-state index in [4.69, 9.17) is 5.73 Å². The highest BCUT2D eigenvalue weighted by molar-refractivity contribution is 6.01.